The lowest BCUT2D eigenvalue weighted by Gasteiger charge is -2.36. The first-order valence-electron chi connectivity index (χ1n) is 10.3. The number of anilines is 2. The van der Waals surface area contributed by atoms with Gasteiger partial charge in [0, 0.05) is 44.1 Å². The molecule has 2 aromatic carbocycles. The zero-order valence-corrected chi connectivity index (χ0v) is 17.7. The van der Waals surface area contributed by atoms with Gasteiger partial charge in [0.15, 0.2) is 0 Å². The minimum Gasteiger partial charge on any atom is -0.369 e. The molecule has 1 heterocycles. The van der Waals surface area contributed by atoms with Crippen molar-refractivity contribution in [3.8, 4) is 6.07 Å². The highest BCUT2D eigenvalue weighted by atomic mass is 16.2. The molecule has 152 valence electrons. The van der Waals surface area contributed by atoms with Crippen LogP contribution in [-0.4, -0.2) is 50.1 Å². The van der Waals surface area contributed by atoms with Crippen LogP contribution in [0.25, 0.3) is 0 Å². The van der Waals surface area contributed by atoms with Crippen LogP contribution in [0.2, 0.25) is 0 Å². The van der Waals surface area contributed by atoms with Crippen molar-refractivity contribution in [2.75, 3.05) is 49.1 Å². The molecular weight excluding hydrogens is 360 g/mol. The van der Waals surface area contributed by atoms with E-state index in [0.29, 0.717) is 19.5 Å². The van der Waals surface area contributed by atoms with Gasteiger partial charge in [-0.3, -0.25) is 9.69 Å². The molecule has 3 rings (SSSR count). The summed E-state index contributed by atoms with van der Waals surface area (Å²) in [6.07, 6.45) is 0.333. The van der Waals surface area contributed by atoms with Crippen molar-refractivity contribution in [2.45, 2.75) is 27.2 Å². The summed E-state index contributed by atoms with van der Waals surface area (Å²) < 4.78 is 0. The summed E-state index contributed by atoms with van der Waals surface area (Å²) in [4.78, 5) is 19.4. The molecule has 0 N–H and O–H groups in total. The van der Waals surface area contributed by atoms with Crippen molar-refractivity contribution in [2.24, 2.45) is 0 Å². The maximum absolute atomic E-state index is 13.1. The van der Waals surface area contributed by atoms with Gasteiger partial charge in [-0.05, 0) is 61.7 Å². The number of rotatable bonds is 6. The number of amides is 1. The third-order valence-electron chi connectivity index (χ3n) is 5.65. The molecular formula is C24H30N4O. The molecule has 0 atom stereocenters. The van der Waals surface area contributed by atoms with E-state index in [1.54, 1.807) is 4.90 Å². The molecule has 0 saturated carbocycles. The SMILES string of the molecule is Cc1cccc(N2CCN(CC(=O)N(CCC#N)c3ccc(C)c(C)c3)CC2)c1. The lowest BCUT2D eigenvalue weighted by atomic mass is 10.1. The normalized spacial score (nSPS) is 14.5. The van der Waals surface area contributed by atoms with E-state index in [9.17, 15) is 4.79 Å². The fraction of sp³-hybridized carbons (Fsp3) is 0.417. The number of piperazine rings is 1. The molecule has 5 heteroatoms. The number of carbonyl (C=O) groups excluding carboxylic acids is 1. The molecule has 0 radical (unpaired) electrons. The Kier molecular flexibility index (Phi) is 6.90. The van der Waals surface area contributed by atoms with E-state index >= 15 is 0 Å². The number of nitrogens with zero attached hydrogens (tertiary/aromatic N) is 4. The molecule has 1 saturated heterocycles. The van der Waals surface area contributed by atoms with Gasteiger partial charge in [0.2, 0.25) is 5.91 Å². The highest BCUT2D eigenvalue weighted by Crippen LogP contribution is 2.21. The first-order chi connectivity index (χ1) is 14.0. The summed E-state index contributed by atoms with van der Waals surface area (Å²) in [6, 6.07) is 16.8. The molecule has 0 aromatic heterocycles. The molecule has 29 heavy (non-hydrogen) atoms. The Morgan fingerprint density at radius 2 is 1.79 bits per heavy atom. The molecule has 1 amide bonds. The molecule has 5 nitrogen and oxygen atoms in total. The zero-order chi connectivity index (χ0) is 20.8. The van der Waals surface area contributed by atoms with Crippen LogP contribution >= 0.6 is 0 Å². The van der Waals surface area contributed by atoms with Gasteiger partial charge < -0.3 is 9.80 Å². The molecule has 0 aliphatic carbocycles. The van der Waals surface area contributed by atoms with Gasteiger partial charge in [-0.25, -0.2) is 0 Å². The highest BCUT2D eigenvalue weighted by molar-refractivity contribution is 5.95. The Bertz CT molecular complexity index is 894. The Hall–Kier alpha value is -2.84. The van der Waals surface area contributed by atoms with E-state index in [2.05, 4.69) is 60.9 Å². The standard InChI is InChI=1S/C24H30N4O/c1-19-6-4-7-22(16-19)27-14-12-26(13-15-27)18-24(29)28(11-5-10-25)23-9-8-20(2)21(3)17-23/h4,6-9,16-17H,5,11-15,18H2,1-3H3. The largest absolute Gasteiger partial charge is 0.369 e. The van der Waals surface area contributed by atoms with Crippen LogP contribution in [-0.2, 0) is 4.79 Å². The van der Waals surface area contributed by atoms with Crippen LogP contribution in [0.3, 0.4) is 0 Å². The summed E-state index contributed by atoms with van der Waals surface area (Å²) in [7, 11) is 0. The molecule has 2 aromatic rings. The fourth-order valence-corrected chi connectivity index (χ4v) is 3.72. The Labute approximate surface area is 174 Å². The molecule has 1 fully saturated rings. The highest BCUT2D eigenvalue weighted by Gasteiger charge is 2.23. The first-order valence-corrected chi connectivity index (χ1v) is 10.3. The van der Waals surface area contributed by atoms with E-state index in [-0.39, 0.29) is 5.91 Å². The van der Waals surface area contributed by atoms with Gasteiger partial charge in [-0.1, -0.05) is 18.2 Å². The maximum Gasteiger partial charge on any atom is 0.241 e. The van der Waals surface area contributed by atoms with Crippen molar-refractivity contribution >= 4 is 17.3 Å². The molecule has 1 aliphatic heterocycles. The van der Waals surface area contributed by atoms with Crippen LogP contribution in [0.5, 0.6) is 0 Å². The fourth-order valence-electron chi connectivity index (χ4n) is 3.72. The second kappa shape index (κ2) is 9.58. The van der Waals surface area contributed by atoms with Gasteiger partial charge in [-0.15, -0.1) is 0 Å². The molecule has 0 spiro atoms. The number of hydrogen-bond acceptors (Lipinski definition) is 4. The van der Waals surface area contributed by atoms with E-state index in [1.165, 1.54) is 16.8 Å². The minimum atomic E-state index is 0.0625. The average Bonchev–Trinajstić information content (AvgIpc) is 2.71. The topological polar surface area (TPSA) is 50.6 Å². The molecule has 0 unspecified atom stereocenters. The summed E-state index contributed by atoms with van der Waals surface area (Å²) in [6.45, 7) is 10.6. The monoisotopic (exact) mass is 390 g/mol. The van der Waals surface area contributed by atoms with Crippen molar-refractivity contribution in [1.29, 1.82) is 5.26 Å². The maximum atomic E-state index is 13.1. The third-order valence-corrected chi connectivity index (χ3v) is 5.65. The van der Waals surface area contributed by atoms with Crippen LogP contribution in [0, 0.1) is 32.1 Å². The number of benzene rings is 2. The molecule has 1 aliphatic rings. The van der Waals surface area contributed by atoms with E-state index < -0.39 is 0 Å². The lowest BCUT2D eigenvalue weighted by Crippen LogP contribution is -2.50. The van der Waals surface area contributed by atoms with Gasteiger partial charge in [0.25, 0.3) is 0 Å². The lowest BCUT2D eigenvalue weighted by molar-refractivity contribution is -0.119. The van der Waals surface area contributed by atoms with Crippen molar-refractivity contribution in [3.05, 3.63) is 59.2 Å². The summed E-state index contributed by atoms with van der Waals surface area (Å²) in [5, 5.41) is 9.02. The van der Waals surface area contributed by atoms with Crippen LogP contribution in [0.1, 0.15) is 23.1 Å². The first kappa shape index (κ1) is 20.9. The van der Waals surface area contributed by atoms with Gasteiger partial charge in [0.05, 0.1) is 19.0 Å². The van der Waals surface area contributed by atoms with Crippen LogP contribution in [0.15, 0.2) is 42.5 Å². The number of aryl methyl sites for hydroxylation is 3. The van der Waals surface area contributed by atoms with E-state index in [0.717, 1.165) is 37.4 Å². The van der Waals surface area contributed by atoms with Gasteiger partial charge in [0.1, 0.15) is 0 Å². The average molecular weight is 391 g/mol. The van der Waals surface area contributed by atoms with Crippen molar-refractivity contribution < 1.29 is 4.79 Å². The Balaban J connectivity index is 1.62. The Morgan fingerprint density at radius 3 is 2.45 bits per heavy atom. The number of nitriles is 1. The summed E-state index contributed by atoms with van der Waals surface area (Å²) in [5.74, 6) is 0.0625. The second-order valence-corrected chi connectivity index (χ2v) is 7.82. The van der Waals surface area contributed by atoms with E-state index in [4.69, 9.17) is 5.26 Å². The van der Waals surface area contributed by atoms with Crippen molar-refractivity contribution in [1.82, 2.24) is 4.90 Å². The number of carbonyl (C=O) groups is 1. The van der Waals surface area contributed by atoms with Gasteiger partial charge in [-0.2, -0.15) is 5.26 Å². The van der Waals surface area contributed by atoms with Crippen LogP contribution < -0.4 is 9.80 Å². The summed E-state index contributed by atoms with van der Waals surface area (Å²) in [5.41, 5.74) is 5.76. The summed E-state index contributed by atoms with van der Waals surface area (Å²) >= 11 is 0. The molecule has 0 bridgehead atoms. The predicted molar refractivity (Wildman–Crippen MR) is 118 cm³/mol. The second-order valence-electron chi connectivity index (χ2n) is 7.82. The van der Waals surface area contributed by atoms with E-state index in [1.807, 2.05) is 18.2 Å². The van der Waals surface area contributed by atoms with Crippen molar-refractivity contribution in [3.63, 3.8) is 0 Å². The van der Waals surface area contributed by atoms with Crippen LogP contribution in [0.4, 0.5) is 11.4 Å². The zero-order valence-electron chi connectivity index (χ0n) is 17.7. The van der Waals surface area contributed by atoms with Gasteiger partial charge >= 0.3 is 0 Å². The quantitative estimate of drug-likeness (QED) is 0.755. The smallest absolute Gasteiger partial charge is 0.241 e. The third kappa shape index (κ3) is 5.36. The predicted octanol–water partition coefficient (Wildman–Crippen LogP) is 3.68. The minimum absolute atomic E-state index is 0.0625. The number of hydrogen-bond donors (Lipinski definition) is 0. The Morgan fingerprint density at radius 1 is 1.03 bits per heavy atom.